The van der Waals surface area contributed by atoms with Gasteiger partial charge in [0.1, 0.15) is 6.29 Å². The molecular weight excluding hydrogens is 166 g/mol. The van der Waals surface area contributed by atoms with Crippen LogP contribution in [0.2, 0.25) is 0 Å². The number of carbonyl (C=O) groups excluding carboxylic acids is 1. The van der Waals surface area contributed by atoms with E-state index in [0.29, 0.717) is 6.29 Å². The molecular formula is C6H9NO5. The quantitative estimate of drug-likeness (QED) is 0.497. The van der Waals surface area contributed by atoms with Gasteiger partial charge in [-0.3, -0.25) is 4.79 Å². The summed E-state index contributed by atoms with van der Waals surface area (Å²) in [5.41, 5.74) is 0. The maximum Gasteiger partial charge on any atom is 0.405 e. The van der Waals surface area contributed by atoms with Crippen molar-refractivity contribution in [2.45, 2.75) is 18.9 Å². The molecule has 0 heterocycles. The van der Waals surface area contributed by atoms with Gasteiger partial charge in [-0.25, -0.2) is 4.79 Å². The first-order chi connectivity index (χ1) is 5.56. The summed E-state index contributed by atoms with van der Waals surface area (Å²) in [7, 11) is 0. The highest BCUT2D eigenvalue weighted by Gasteiger charge is 2.11. The average molecular weight is 175 g/mol. The maximum atomic E-state index is 10.1. The fourth-order valence-electron chi connectivity index (χ4n) is 0.612. The van der Waals surface area contributed by atoms with Crippen LogP contribution in [0.25, 0.3) is 0 Å². The van der Waals surface area contributed by atoms with Gasteiger partial charge in [-0.1, -0.05) is 0 Å². The minimum Gasteiger partial charge on any atom is -0.481 e. The molecule has 0 spiro atoms. The molecule has 0 aromatic rings. The van der Waals surface area contributed by atoms with Crippen molar-refractivity contribution in [1.29, 1.82) is 0 Å². The number of hydrogen-bond donors (Lipinski definition) is 3. The van der Waals surface area contributed by atoms with E-state index >= 15 is 0 Å². The number of amides is 1. The first kappa shape index (κ1) is 10.4. The van der Waals surface area contributed by atoms with E-state index in [1.807, 2.05) is 5.32 Å². The van der Waals surface area contributed by atoms with Crippen LogP contribution in [0.1, 0.15) is 12.8 Å². The minimum atomic E-state index is -1.34. The Labute approximate surface area is 68.2 Å². The van der Waals surface area contributed by atoms with E-state index in [4.69, 9.17) is 10.2 Å². The molecule has 0 aliphatic rings. The van der Waals surface area contributed by atoms with Crippen LogP contribution in [0.15, 0.2) is 0 Å². The van der Waals surface area contributed by atoms with Crippen LogP contribution in [0.5, 0.6) is 0 Å². The van der Waals surface area contributed by atoms with Gasteiger partial charge in [0.05, 0.1) is 6.04 Å². The number of hydrogen-bond acceptors (Lipinski definition) is 3. The zero-order valence-corrected chi connectivity index (χ0v) is 6.19. The zero-order chi connectivity index (χ0) is 9.56. The van der Waals surface area contributed by atoms with Crippen LogP contribution in [0.3, 0.4) is 0 Å². The number of aldehydes is 1. The second-order valence-electron chi connectivity index (χ2n) is 2.12. The Morgan fingerprint density at radius 3 is 2.33 bits per heavy atom. The van der Waals surface area contributed by atoms with Crippen LogP contribution in [0.4, 0.5) is 4.79 Å². The molecule has 3 N–H and O–H groups in total. The van der Waals surface area contributed by atoms with Gasteiger partial charge < -0.3 is 20.3 Å². The van der Waals surface area contributed by atoms with E-state index < -0.39 is 18.1 Å². The first-order valence-corrected chi connectivity index (χ1v) is 3.22. The summed E-state index contributed by atoms with van der Waals surface area (Å²) >= 11 is 0. The smallest absolute Gasteiger partial charge is 0.405 e. The van der Waals surface area contributed by atoms with Gasteiger partial charge in [-0.15, -0.1) is 0 Å². The van der Waals surface area contributed by atoms with Crippen molar-refractivity contribution in [3.8, 4) is 0 Å². The molecule has 0 unspecified atom stereocenters. The van der Waals surface area contributed by atoms with Crippen LogP contribution >= 0.6 is 0 Å². The maximum absolute atomic E-state index is 10.1. The fourth-order valence-corrected chi connectivity index (χ4v) is 0.612. The lowest BCUT2D eigenvalue weighted by Crippen LogP contribution is -2.35. The van der Waals surface area contributed by atoms with Gasteiger partial charge in [0.15, 0.2) is 0 Å². The molecule has 0 saturated carbocycles. The third-order valence-corrected chi connectivity index (χ3v) is 1.14. The molecule has 0 aromatic carbocycles. The summed E-state index contributed by atoms with van der Waals surface area (Å²) in [5.74, 6) is -1.06. The van der Waals surface area contributed by atoms with E-state index in [-0.39, 0.29) is 12.8 Å². The van der Waals surface area contributed by atoms with Gasteiger partial charge in [-0.05, 0) is 6.42 Å². The zero-order valence-electron chi connectivity index (χ0n) is 6.19. The molecule has 6 nitrogen and oxygen atoms in total. The number of carboxylic acid groups (broad SMARTS) is 2. The number of nitrogens with one attached hydrogen (secondary N) is 1. The molecule has 0 aliphatic carbocycles. The summed E-state index contributed by atoms with van der Waals surface area (Å²) in [5, 5.41) is 18.2. The lowest BCUT2D eigenvalue weighted by Gasteiger charge is -2.06. The molecule has 0 aliphatic heterocycles. The van der Waals surface area contributed by atoms with Crippen molar-refractivity contribution in [3.63, 3.8) is 0 Å². The molecule has 0 fully saturated rings. The van der Waals surface area contributed by atoms with Crippen molar-refractivity contribution in [2.24, 2.45) is 0 Å². The number of rotatable bonds is 5. The van der Waals surface area contributed by atoms with Crippen molar-refractivity contribution in [3.05, 3.63) is 0 Å². The van der Waals surface area contributed by atoms with Gasteiger partial charge >= 0.3 is 12.1 Å². The van der Waals surface area contributed by atoms with E-state index in [1.165, 1.54) is 0 Å². The Balaban J connectivity index is 3.75. The van der Waals surface area contributed by atoms with Gasteiger partial charge in [0.2, 0.25) is 0 Å². The van der Waals surface area contributed by atoms with Gasteiger partial charge in [-0.2, -0.15) is 0 Å². The summed E-state index contributed by atoms with van der Waals surface area (Å²) in [6, 6.07) is -0.932. The molecule has 0 radical (unpaired) electrons. The molecule has 0 saturated heterocycles. The van der Waals surface area contributed by atoms with Crippen LogP contribution in [-0.2, 0) is 9.59 Å². The molecule has 1 atom stereocenters. The van der Waals surface area contributed by atoms with Crippen LogP contribution < -0.4 is 5.32 Å². The highest BCUT2D eigenvalue weighted by Crippen LogP contribution is 1.94. The minimum absolute atomic E-state index is 0.0227. The average Bonchev–Trinajstić information content (AvgIpc) is 1.97. The van der Waals surface area contributed by atoms with Crippen molar-refractivity contribution >= 4 is 18.3 Å². The normalized spacial score (nSPS) is 11.7. The molecule has 0 rings (SSSR count). The second-order valence-corrected chi connectivity index (χ2v) is 2.12. The number of carboxylic acids is 1. The molecule has 0 aromatic heterocycles. The SMILES string of the molecule is O=C[C@H](CCC(=O)O)NC(=O)O. The third kappa shape index (κ3) is 5.21. The molecule has 12 heavy (non-hydrogen) atoms. The first-order valence-electron chi connectivity index (χ1n) is 3.22. The van der Waals surface area contributed by atoms with Crippen LogP contribution in [0, 0.1) is 0 Å². The predicted octanol–water partition coefficient (Wildman–Crippen LogP) is -0.314. The third-order valence-electron chi connectivity index (χ3n) is 1.14. The second kappa shape index (κ2) is 5.11. The predicted molar refractivity (Wildman–Crippen MR) is 37.9 cm³/mol. The number of carbonyl (C=O) groups is 3. The van der Waals surface area contributed by atoms with Gasteiger partial charge in [0, 0.05) is 6.42 Å². The van der Waals surface area contributed by atoms with Crippen molar-refractivity contribution < 1.29 is 24.6 Å². The van der Waals surface area contributed by atoms with E-state index in [9.17, 15) is 14.4 Å². The van der Waals surface area contributed by atoms with Crippen molar-refractivity contribution in [2.75, 3.05) is 0 Å². The van der Waals surface area contributed by atoms with E-state index in [0.717, 1.165) is 0 Å². The fraction of sp³-hybridized carbons (Fsp3) is 0.500. The highest BCUT2D eigenvalue weighted by atomic mass is 16.4. The van der Waals surface area contributed by atoms with Gasteiger partial charge in [0.25, 0.3) is 0 Å². The Bertz CT molecular complexity index is 190. The molecule has 1 amide bonds. The summed E-state index contributed by atoms with van der Waals surface area (Å²) in [6.07, 6.45) is -1.22. The Kier molecular flexibility index (Phi) is 4.43. The Morgan fingerprint density at radius 1 is 1.42 bits per heavy atom. The molecule has 0 bridgehead atoms. The lowest BCUT2D eigenvalue weighted by atomic mass is 10.2. The van der Waals surface area contributed by atoms with Crippen molar-refractivity contribution in [1.82, 2.24) is 5.32 Å². The number of aliphatic carboxylic acids is 1. The molecule has 68 valence electrons. The van der Waals surface area contributed by atoms with E-state index in [2.05, 4.69) is 0 Å². The standard InChI is InChI=1S/C6H9NO5/c8-3-4(7-6(11)12)1-2-5(9)10/h3-4,7H,1-2H2,(H,9,10)(H,11,12)/t4-/m0/s1. The topological polar surface area (TPSA) is 104 Å². The summed E-state index contributed by atoms with van der Waals surface area (Å²) in [4.78, 5) is 30.1. The summed E-state index contributed by atoms with van der Waals surface area (Å²) in [6.45, 7) is 0. The monoisotopic (exact) mass is 175 g/mol. The lowest BCUT2D eigenvalue weighted by molar-refractivity contribution is -0.137. The Morgan fingerprint density at radius 2 is 2.00 bits per heavy atom. The molecule has 6 heteroatoms. The summed E-state index contributed by atoms with van der Waals surface area (Å²) < 4.78 is 0. The Hall–Kier alpha value is -1.59. The highest BCUT2D eigenvalue weighted by molar-refractivity contribution is 5.72. The largest absolute Gasteiger partial charge is 0.481 e. The van der Waals surface area contributed by atoms with E-state index in [1.54, 1.807) is 0 Å². The van der Waals surface area contributed by atoms with Crippen LogP contribution in [-0.4, -0.2) is 34.6 Å².